The maximum atomic E-state index is 11.6. The van der Waals surface area contributed by atoms with Crippen LogP contribution in [0.25, 0.3) is 21.6 Å². The highest BCUT2D eigenvalue weighted by Crippen LogP contribution is 2.36. The zero-order chi connectivity index (χ0) is 14.3. The summed E-state index contributed by atoms with van der Waals surface area (Å²) in [6, 6.07) is 9.68. The lowest BCUT2D eigenvalue weighted by molar-refractivity contribution is 0.0607. The molecular weight excluding hydrogens is 274 g/mol. The number of thiophene rings is 1. The second-order valence-electron chi connectivity index (χ2n) is 4.54. The van der Waals surface area contributed by atoms with E-state index in [-0.39, 0.29) is 0 Å². The lowest BCUT2D eigenvalue weighted by Gasteiger charge is -1.94. The van der Waals surface area contributed by atoms with Gasteiger partial charge in [0.05, 0.1) is 17.7 Å². The first-order valence-electron chi connectivity index (χ1n) is 6.06. The molecule has 2 aromatic heterocycles. The Morgan fingerprint density at radius 3 is 2.85 bits per heavy atom. The highest BCUT2D eigenvalue weighted by molar-refractivity contribution is 7.17. The number of ether oxygens (including phenoxy) is 1. The van der Waals surface area contributed by atoms with E-state index in [2.05, 4.69) is 6.07 Å². The van der Waals surface area contributed by atoms with Gasteiger partial charge in [-0.05, 0) is 31.2 Å². The third kappa shape index (κ3) is 2.06. The third-order valence-electron chi connectivity index (χ3n) is 3.05. The van der Waals surface area contributed by atoms with Gasteiger partial charge in [-0.2, -0.15) is 0 Å². The van der Waals surface area contributed by atoms with Gasteiger partial charge in [0.25, 0.3) is 0 Å². The van der Waals surface area contributed by atoms with Crippen LogP contribution in [0.1, 0.15) is 15.2 Å². The molecule has 3 aromatic rings. The van der Waals surface area contributed by atoms with Crippen molar-refractivity contribution in [3.05, 3.63) is 40.8 Å². The van der Waals surface area contributed by atoms with Crippen LogP contribution in [0.5, 0.6) is 0 Å². The second kappa shape index (κ2) is 4.68. The molecule has 0 radical (unpaired) electrons. The van der Waals surface area contributed by atoms with Crippen molar-refractivity contribution in [2.24, 2.45) is 0 Å². The molecule has 0 aliphatic carbocycles. The van der Waals surface area contributed by atoms with Crippen LogP contribution in [0.15, 0.2) is 34.7 Å². The summed E-state index contributed by atoms with van der Waals surface area (Å²) in [5.74, 6) is 0.281. The van der Waals surface area contributed by atoms with Gasteiger partial charge in [0, 0.05) is 5.39 Å². The molecule has 0 spiro atoms. The molecule has 5 heteroatoms. The van der Waals surface area contributed by atoms with Crippen molar-refractivity contribution in [2.45, 2.75) is 6.92 Å². The summed E-state index contributed by atoms with van der Waals surface area (Å²) < 4.78 is 10.5. The van der Waals surface area contributed by atoms with Crippen LogP contribution >= 0.6 is 11.3 Å². The first kappa shape index (κ1) is 12.7. The number of esters is 1. The van der Waals surface area contributed by atoms with Crippen LogP contribution in [0.2, 0.25) is 0 Å². The maximum absolute atomic E-state index is 11.6. The van der Waals surface area contributed by atoms with Gasteiger partial charge in [-0.3, -0.25) is 0 Å². The van der Waals surface area contributed by atoms with E-state index in [1.165, 1.54) is 24.0 Å². The fraction of sp³-hybridized carbons (Fsp3) is 0.133. The van der Waals surface area contributed by atoms with Crippen LogP contribution in [-0.4, -0.2) is 13.1 Å². The average Bonchev–Trinajstić information content (AvgIpc) is 3.00. The molecule has 102 valence electrons. The van der Waals surface area contributed by atoms with Crippen molar-refractivity contribution in [3.8, 4) is 10.6 Å². The number of aryl methyl sites for hydroxylation is 1. The van der Waals surface area contributed by atoms with Crippen molar-refractivity contribution >= 4 is 34.0 Å². The van der Waals surface area contributed by atoms with Gasteiger partial charge in [-0.15, -0.1) is 11.3 Å². The van der Waals surface area contributed by atoms with E-state index in [4.69, 9.17) is 14.9 Å². The SMILES string of the molecule is COC(=O)c1sc(-c2cc3cc(C)ccc3o2)cc1N. The topological polar surface area (TPSA) is 65.5 Å². The lowest BCUT2D eigenvalue weighted by atomic mass is 10.2. The van der Waals surface area contributed by atoms with Gasteiger partial charge in [-0.1, -0.05) is 11.6 Å². The van der Waals surface area contributed by atoms with Crippen molar-refractivity contribution in [2.75, 3.05) is 12.8 Å². The molecule has 2 heterocycles. The largest absolute Gasteiger partial charge is 0.465 e. The number of hydrogen-bond acceptors (Lipinski definition) is 5. The summed E-state index contributed by atoms with van der Waals surface area (Å²) in [6.07, 6.45) is 0. The number of carbonyl (C=O) groups excluding carboxylic acids is 1. The third-order valence-corrected chi connectivity index (χ3v) is 4.19. The summed E-state index contributed by atoms with van der Waals surface area (Å²) >= 11 is 1.27. The van der Waals surface area contributed by atoms with E-state index in [1.54, 1.807) is 6.07 Å². The van der Waals surface area contributed by atoms with Crippen LogP contribution in [-0.2, 0) is 4.74 Å². The van der Waals surface area contributed by atoms with Crippen LogP contribution in [0, 0.1) is 6.92 Å². The molecule has 1 aromatic carbocycles. The normalized spacial score (nSPS) is 10.9. The summed E-state index contributed by atoms with van der Waals surface area (Å²) in [7, 11) is 1.34. The first-order chi connectivity index (χ1) is 9.58. The zero-order valence-corrected chi connectivity index (χ0v) is 11.9. The molecule has 0 saturated carbocycles. The van der Waals surface area contributed by atoms with Crippen molar-refractivity contribution in [3.63, 3.8) is 0 Å². The fourth-order valence-electron chi connectivity index (χ4n) is 2.06. The Morgan fingerprint density at radius 1 is 1.30 bits per heavy atom. The average molecular weight is 287 g/mol. The number of nitrogen functional groups attached to an aromatic ring is 1. The number of nitrogens with two attached hydrogens (primary N) is 1. The first-order valence-corrected chi connectivity index (χ1v) is 6.88. The molecule has 0 fully saturated rings. The predicted molar refractivity (Wildman–Crippen MR) is 80.0 cm³/mol. The minimum atomic E-state index is -0.425. The van der Waals surface area contributed by atoms with Crippen molar-refractivity contribution in [1.29, 1.82) is 0 Å². The minimum Gasteiger partial charge on any atom is -0.465 e. The number of methoxy groups -OCH3 is 1. The van der Waals surface area contributed by atoms with Gasteiger partial charge in [0.15, 0.2) is 0 Å². The molecule has 0 bridgehead atoms. The molecule has 4 nitrogen and oxygen atoms in total. The highest BCUT2D eigenvalue weighted by atomic mass is 32.1. The smallest absolute Gasteiger partial charge is 0.350 e. The lowest BCUT2D eigenvalue weighted by Crippen LogP contribution is -2.00. The van der Waals surface area contributed by atoms with E-state index in [0.29, 0.717) is 16.3 Å². The summed E-state index contributed by atoms with van der Waals surface area (Å²) in [5.41, 5.74) is 8.24. The molecule has 0 atom stereocenters. The van der Waals surface area contributed by atoms with Gasteiger partial charge >= 0.3 is 5.97 Å². The Morgan fingerprint density at radius 2 is 2.10 bits per heavy atom. The van der Waals surface area contributed by atoms with Gasteiger partial charge in [-0.25, -0.2) is 4.79 Å². The van der Waals surface area contributed by atoms with Crippen LogP contribution in [0.4, 0.5) is 5.69 Å². The second-order valence-corrected chi connectivity index (χ2v) is 5.59. The Bertz CT molecular complexity index is 801. The summed E-state index contributed by atoms with van der Waals surface area (Å²) in [4.78, 5) is 12.8. The van der Waals surface area contributed by atoms with Gasteiger partial charge in [0.1, 0.15) is 16.2 Å². The number of fused-ring (bicyclic) bond motifs is 1. The molecule has 20 heavy (non-hydrogen) atoms. The number of benzene rings is 1. The van der Waals surface area contributed by atoms with E-state index in [9.17, 15) is 4.79 Å². The highest BCUT2D eigenvalue weighted by Gasteiger charge is 2.17. The van der Waals surface area contributed by atoms with E-state index < -0.39 is 5.97 Å². The minimum absolute atomic E-state index is 0.402. The van der Waals surface area contributed by atoms with Crippen LogP contribution in [0.3, 0.4) is 0 Å². The number of furan rings is 1. The van der Waals surface area contributed by atoms with E-state index >= 15 is 0 Å². The van der Waals surface area contributed by atoms with Crippen LogP contribution < -0.4 is 5.73 Å². The van der Waals surface area contributed by atoms with E-state index in [1.807, 2.05) is 25.1 Å². The fourth-order valence-corrected chi connectivity index (χ4v) is 3.01. The molecule has 0 aliphatic heterocycles. The molecule has 2 N–H and O–H groups in total. The van der Waals surface area contributed by atoms with Gasteiger partial charge in [0.2, 0.25) is 0 Å². The Hall–Kier alpha value is -2.27. The molecule has 0 unspecified atom stereocenters. The quantitative estimate of drug-likeness (QED) is 0.727. The van der Waals surface area contributed by atoms with Crippen molar-refractivity contribution in [1.82, 2.24) is 0 Å². The standard InChI is InChI=1S/C15H13NO3S/c1-8-3-4-11-9(5-8)6-12(19-11)13-7-10(16)14(20-13)15(17)18-2/h3-7H,16H2,1-2H3. The van der Waals surface area contributed by atoms with Crippen molar-refractivity contribution < 1.29 is 13.9 Å². The number of hydrogen-bond donors (Lipinski definition) is 1. The van der Waals surface area contributed by atoms with Gasteiger partial charge < -0.3 is 14.9 Å². The monoisotopic (exact) mass is 287 g/mol. The number of carbonyl (C=O) groups is 1. The molecule has 0 saturated heterocycles. The molecular formula is C15H13NO3S. The number of rotatable bonds is 2. The summed E-state index contributed by atoms with van der Waals surface area (Å²) in [5, 5.41) is 1.03. The maximum Gasteiger partial charge on any atom is 0.350 e. The Kier molecular flexibility index (Phi) is 2.99. The molecule has 0 amide bonds. The zero-order valence-electron chi connectivity index (χ0n) is 11.1. The predicted octanol–water partition coefficient (Wildman–Crippen LogP) is 3.84. The van der Waals surface area contributed by atoms with E-state index in [0.717, 1.165) is 15.8 Å². The molecule has 0 aliphatic rings. The number of anilines is 1. The Balaban J connectivity index is 2.09. The molecule has 3 rings (SSSR count). The summed E-state index contributed by atoms with van der Waals surface area (Å²) in [6.45, 7) is 2.03. The Labute approximate surface area is 119 Å².